The number of hydrogen-bond acceptors (Lipinski definition) is 3. The van der Waals surface area contributed by atoms with Crippen molar-refractivity contribution in [2.24, 2.45) is 5.73 Å². The molecule has 0 aliphatic rings. The van der Waals surface area contributed by atoms with E-state index in [0.29, 0.717) is 10.4 Å². The van der Waals surface area contributed by atoms with Crippen LogP contribution in [0.4, 0.5) is 0 Å². The molecule has 2 atom stereocenters. The molecule has 3 rings (SSSR count). The lowest BCUT2D eigenvalue weighted by Gasteiger charge is -2.35. The molecule has 5 heteroatoms. The van der Waals surface area contributed by atoms with Crippen LogP contribution in [0.3, 0.4) is 0 Å². The number of primary amides is 1. The molecule has 3 aromatic rings. The summed E-state index contributed by atoms with van der Waals surface area (Å²) in [7, 11) is 0. The summed E-state index contributed by atoms with van der Waals surface area (Å²) in [6.07, 6.45) is 0. The van der Waals surface area contributed by atoms with Crippen LogP contribution in [0.2, 0.25) is 0 Å². The van der Waals surface area contributed by atoms with Crippen molar-refractivity contribution in [1.29, 1.82) is 0 Å². The highest BCUT2D eigenvalue weighted by Gasteiger charge is 2.34. The number of thiophene rings is 1. The maximum atomic E-state index is 13.3. The van der Waals surface area contributed by atoms with Gasteiger partial charge in [0.15, 0.2) is 0 Å². The van der Waals surface area contributed by atoms with Gasteiger partial charge in [-0.3, -0.25) is 9.59 Å². The van der Waals surface area contributed by atoms with Gasteiger partial charge in [-0.15, -0.1) is 11.3 Å². The van der Waals surface area contributed by atoms with Crippen molar-refractivity contribution >= 4 is 23.2 Å². The van der Waals surface area contributed by atoms with E-state index < -0.39 is 11.9 Å². The fraction of sp³-hybridized carbons (Fsp3) is 0.143. The van der Waals surface area contributed by atoms with Gasteiger partial charge in [-0.1, -0.05) is 66.7 Å². The van der Waals surface area contributed by atoms with Crippen molar-refractivity contribution in [3.63, 3.8) is 0 Å². The Morgan fingerprint density at radius 2 is 1.46 bits per heavy atom. The Balaban J connectivity index is 2.09. The summed E-state index contributed by atoms with van der Waals surface area (Å²) in [4.78, 5) is 27.8. The number of hydrogen-bond donors (Lipinski definition) is 1. The summed E-state index contributed by atoms with van der Waals surface area (Å²) in [5.74, 6) is -0.757. The molecular formula is C21H20N2O2S. The average molecular weight is 364 g/mol. The van der Waals surface area contributed by atoms with E-state index in [4.69, 9.17) is 5.73 Å². The van der Waals surface area contributed by atoms with E-state index in [-0.39, 0.29) is 11.9 Å². The van der Waals surface area contributed by atoms with Crippen molar-refractivity contribution < 1.29 is 9.59 Å². The summed E-state index contributed by atoms with van der Waals surface area (Å²) in [6, 6.07) is 21.3. The zero-order chi connectivity index (χ0) is 18.5. The third kappa shape index (κ3) is 3.68. The predicted octanol–water partition coefficient (Wildman–Crippen LogP) is 4.18. The van der Waals surface area contributed by atoms with Crippen LogP contribution in [0.15, 0.2) is 78.2 Å². The first-order chi connectivity index (χ1) is 12.6. The maximum Gasteiger partial charge on any atom is 0.265 e. The molecule has 4 nitrogen and oxygen atoms in total. The minimum Gasteiger partial charge on any atom is -0.368 e. The molecule has 0 saturated carbocycles. The third-order valence-electron chi connectivity index (χ3n) is 4.33. The van der Waals surface area contributed by atoms with Crippen LogP contribution in [0.25, 0.3) is 0 Å². The van der Waals surface area contributed by atoms with E-state index in [1.165, 1.54) is 11.3 Å². The molecule has 0 bridgehead atoms. The molecule has 0 radical (unpaired) electrons. The van der Waals surface area contributed by atoms with Crippen LogP contribution in [0.5, 0.6) is 0 Å². The molecule has 2 aromatic carbocycles. The highest BCUT2D eigenvalue weighted by atomic mass is 32.1. The molecule has 0 aliphatic carbocycles. The lowest BCUT2D eigenvalue weighted by atomic mass is 9.99. The minimum atomic E-state index is -0.846. The molecule has 0 fully saturated rings. The number of rotatable bonds is 6. The van der Waals surface area contributed by atoms with Gasteiger partial charge < -0.3 is 10.6 Å². The summed E-state index contributed by atoms with van der Waals surface area (Å²) in [6.45, 7) is 1.92. The summed E-state index contributed by atoms with van der Waals surface area (Å²) < 4.78 is 0. The normalized spacial score (nSPS) is 13.0. The van der Waals surface area contributed by atoms with Crippen molar-refractivity contribution in [3.8, 4) is 0 Å². The lowest BCUT2D eigenvalue weighted by Crippen LogP contribution is -2.43. The zero-order valence-corrected chi connectivity index (χ0v) is 15.2. The van der Waals surface area contributed by atoms with Gasteiger partial charge >= 0.3 is 0 Å². The minimum absolute atomic E-state index is 0.205. The molecule has 0 spiro atoms. The SMILES string of the molecule is C[C@H](c1ccccc1)N(C(=O)c1cccs1)[C@@H](C(N)=O)c1ccccc1. The van der Waals surface area contributed by atoms with Crippen LogP contribution >= 0.6 is 11.3 Å². The molecule has 0 aliphatic heterocycles. The van der Waals surface area contributed by atoms with Crippen LogP contribution < -0.4 is 5.73 Å². The topological polar surface area (TPSA) is 63.4 Å². The second-order valence-corrected chi connectivity index (χ2v) is 6.94. The molecular weight excluding hydrogens is 344 g/mol. The molecule has 2 N–H and O–H groups in total. The Kier molecular flexibility index (Phi) is 5.49. The molecule has 2 amide bonds. The van der Waals surface area contributed by atoms with Crippen LogP contribution in [0.1, 0.15) is 39.8 Å². The van der Waals surface area contributed by atoms with Crippen LogP contribution in [-0.4, -0.2) is 16.7 Å². The van der Waals surface area contributed by atoms with Gasteiger partial charge in [-0.25, -0.2) is 0 Å². The average Bonchev–Trinajstić information content (AvgIpc) is 3.21. The van der Waals surface area contributed by atoms with Gasteiger partial charge in [0.1, 0.15) is 6.04 Å². The van der Waals surface area contributed by atoms with E-state index in [1.807, 2.05) is 79.0 Å². The van der Waals surface area contributed by atoms with Gasteiger partial charge in [0.25, 0.3) is 5.91 Å². The van der Waals surface area contributed by atoms with Crippen molar-refractivity contribution in [2.75, 3.05) is 0 Å². The zero-order valence-electron chi connectivity index (χ0n) is 14.4. The molecule has 26 heavy (non-hydrogen) atoms. The molecule has 1 heterocycles. The largest absolute Gasteiger partial charge is 0.368 e. The Labute approximate surface area is 156 Å². The second kappa shape index (κ2) is 7.97. The number of carbonyl (C=O) groups is 2. The van der Waals surface area contributed by atoms with E-state index in [9.17, 15) is 9.59 Å². The second-order valence-electron chi connectivity index (χ2n) is 5.99. The Morgan fingerprint density at radius 1 is 0.885 bits per heavy atom. The first-order valence-electron chi connectivity index (χ1n) is 8.35. The number of benzene rings is 2. The van der Waals surface area contributed by atoms with Gasteiger partial charge in [0.05, 0.1) is 10.9 Å². The standard InChI is InChI=1S/C21H20N2O2S/c1-15(16-9-4-2-5-10-16)23(21(25)18-13-8-14-26-18)19(20(22)24)17-11-6-3-7-12-17/h2-15,19H,1H3,(H2,22,24)/t15-,19-/m1/s1. The van der Waals surface area contributed by atoms with E-state index in [2.05, 4.69) is 0 Å². The van der Waals surface area contributed by atoms with E-state index in [0.717, 1.165) is 5.56 Å². The first kappa shape index (κ1) is 17.9. The maximum absolute atomic E-state index is 13.3. The number of amides is 2. The van der Waals surface area contributed by atoms with Gasteiger partial charge in [-0.2, -0.15) is 0 Å². The fourth-order valence-electron chi connectivity index (χ4n) is 3.03. The van der Waals surface area contributed by atoms with E-state index in [1.54, 1.807) is 11.0 Å². The van der Waals surface area contributed by atoms with Crippen LogP contribution in [0, 0.1) is 0 Å². The van der Waals surface area contributed by atoms with Gasteiger partial charge in [0, 0.05) is 0 Å². The monoisotopic (exact) mass is 364 g/mol. The summed E-state index contributed by atoms with van der Waals surface area (Å²) in [5, 5.41) is 1.85. The highest BCUT2D eigenvalue weighted by molar-refractivity contribution is 7.12. The van der Waals surface area contributed by atoms with Crippen molar-refractivity contribution in [3.05, 3.63) is 94.2 Å². The fourth-order valence-corrected chi connectivity index (χ4v) is 3.70. The Morgan fingerprint density at radius 3 is 1.96 bits per heavy atom. The van der Waals surface area contributed by atoms with Gasteiger partial charge in [0.2, 0.25) is 5.91 Å². The van der Waals surface area contributed by atoms with Crippen molar-refractivity contribution in [1.82, 2.24) is 4.90 Å². The summed E-state index contributed by atoms with van der Waals surface area (Å²) in [5.41, 5.74) is 7.39. The quantitative estimate of drug-likeness (QED) is 0.713. The number of nitrogens with zero attached hydrogens (tertiary/aromatic N) is 1. The van der Waals surface area contributed by atoms with Crippen LogP contribution in [-0.2, 0) is 4.79 Å². The summed E-state index contributed by atoms with van der Waals surface area (Å²) >= 11 is 1.35. The highest BCUT2D eigenvalue weighted by Crippen LogP contribution is 2.33. The number of nitrogens with two attached hydrogens (primary N) is 1. The van der Waals surface area contributed by atoms with Gasteiger partial charge in [-0.05, 0) is 29.5 Å². The lowest BCUT2D eigenvalue weighted by molar-refractivity contribution is -0.123. The number of carbonyl (C=O) groups excluding carboxylic acids is 2. The molecule has 0 saturated heterocycles. The van der Waals surface area contributed by atoms with Crippen molar-refractivity contribution in [2.45, 2.75) is 19.0 Å². The first-order valence-corrected chi connectivity index (χ1v) is 9.23. The Bertz CT molecular complexity index is 864. The smallest absolute Gasteiger partial charge is 0.265 e. The molecule has 0 unspecified atom stereocenters. The molecule has 132 valence electrons. The molecule has 1 aromatic heterocycles. The predicted molar refractivity (Wildman–Crippen MR) is 104 cm³/mol. The van der Waals surface area contributed by atoms with E-state index >= 15 is 0 Å². The third-order valence-corrected chi connectivity index (χ3v) is 5.19. The Hall–Kier alpha value is -2.92.